The SMILES string of the molecule is CCNC(=O)N(CC(=O)N1CCn2cccc2C1c1ccccc1C)C(C)C. The zero-order chi connectivity index (χ0) is 20.3. The summed E-state index contributed by atoms with van der Waals surface area (Å²) in [6, 6.07) is 11.9. The highest BCUT2D eigenvalue weighted by molar-refractivity contribution is 5.85. The Morgan fingerprint density at radius 3 is 2.61 bits per heavy atom. The maximum atomic E-state index is 13.3. The number of aromatic nitrogens is 1. The fraction of sp³-hybridized carbons (Fsp3) is 0.455. The van der Waals surface area contributed by atoms with Crippen LogP contribution in [0.2, 0.25) is 0 Å². The third-order valence-electron chi connectivity index (χ3n) is 5.36. The van der Waals surface area contributed by atoms with E-state index in [1.165, 1.54) is 0 Å². The Labute approximate surface area is 167 Å². The molecule has 6 nitrogen and oxygen atoms in total. The van der Waals surface area contributed by atoms with Gasteiger partial charge in [-0.2, -0.15) is 0 Å². The van der Waals surface area contributed by atoms with Crippen LogP contribution in [0.3, 0.4) is 0 Å². The highest BCUT2D eigenvalue weighted by Crippen LogP contribution is 2.34. The lowest BCUT2D eigenvalue weighted by Crippen LogP contribution is -2.51. The quantitative estimate of drug-likeness (QED) is 0.864. The van der Waals surface area contributed by atoms with Crippen molar-refractivity contribution in [3.05, 3.63) is 59.4 Å². The Hall–Kier alpha value is -2.76. The van der Waals surface area contributed by atoms with Gasteiger partial charge in [-0.25, -0.2) is 4.79 Å². The molecular weight excluding hydrogens is 352 g/mol. The van der Waals surface area contributed by atoms with E-state index < -0.39 is 0 Å². The van der Waals surface area contributed by atoms with E-state index in [-0.39, 0.29) is 30.6 Å². The maximum absolute atomic E-state index is 13.3. The molecule has 3 amide bonds. The number of urea groups is 1. The number of rotatable bonds is 5. The molecule has 0 bridgehead atoms. The van der Waals surface area contributed by atoms with Crippen LogP contribution in [0, 0.1) is 6.92 Å². The molecule has 1 N–H and O–H groups in total. The van der Waals surface area contributed by atoms with Crippen molar-refractivity contribution in [3.63, 3.8) is 0 Å². The molecular formula is C22H30N4O2. The zero-order valence-corrected chi connectivity index (χ0v) is 17.2. The standard InChI is InChI=1S/C22H30N4O2/c1-5-23-22(28)26(16(2)3)15-20(27)25-14-13-24-12-8-11-19(24)21(25)18-10-7-6-9-17(18)4/h6-12,16,21H,5,13-15H2,1-4H3,(H,23,28). The number of hydrogen-bond acceptors (Lipinski definition) is 2. The average Bonchev–Trinajstić information content (AvgIpc) is 3.14. The Balaban J connectivity index is 1.92. The minimum Gasteiger partial charge on any atom is -0.348 e. The molecule has 1 unspecified atom stereocenters. The number of aryl methyl sites for hydroxylation is 1. The summed E-state index contributed by atoms with van der Waals surface area (Å²) in [7, 11) is 0. The van der Waals surface area contributed by atoms with Crippen LogP contribution >= 0.6 is 0 Å². The second kappa shape index (κ2) is 8.50. The van der Waals surface area contributed by atoms with Crippen molar-refractivity contribution in [2.75, 3.05) is 19.6 Å². The molecule has 1 aromatic heterocycles. The van der Waals surface area contributed by atoms with Gasteiger partial charge in [-0.1, -0.05) is 24.3 Å². The van der Waals surface area contributed by atoms with Gasteiger partial charge in [-0.05, 0) is 51.0 Å². The van der Waals surface area contributed by atoms with Crippen molar-refractivity contribution in [1.82, 2.24) is 19.7 Å². The van der Waals surface area contributed by atoms with Crippen molar-refractivity contribution in [2.24, 2.45) is 0 Å². The summed E-state index contributed by atoms with van der Waals surface area (Å²) in [6.45, 7) is 9.83. The first-order valence-corrected chi connectivity index (χ1v) is 9.98. The van der Waals surface area contributed by atoms with E-state index in [2.05, 4.69) is 41.2 Å². The van der Waals surface area contributed by atoms with Gasteiger partial charge in [0.2, 0.25) is 5.91 Å². The molecule has 1 aromatic carbocycles. The van der Waals surface area contributed by atoms with Crippen LogP contribution < -0.4 is 5.32 Å². The summed E-state index contributed by atoms with van der Waals surface area (Å²) in [4.78, 5) is 29.3. The Morgan fingerprint density at radius 2 is 1.93 bits per heavy atom. The number of nitrogens with one attached hydrogen (secondary N) is 1. The van der Waals surface area contributed by atoms with Gasteiger partial charge >= 0.3 is 6.03 Å². The summed E-state index contributed by atoms with van der Waals surface area (Å²) in [5, 5.41) is 2.81. The lowest BCUT2D eigenvalue weighted by Gasteiger charge is -2.39. The largest absolute Gasteiger partial charge is 0.348 e. The summed E-state index contributed by atoms with van der Waals surface area (Å²) >= 11 is 0. The van der Waals surface area contributed by atoms with Crippen molar-refractivity contribution < 1.29 is 9.59 Å². The second-order valence-corrected chi connectivity index (χ2v) is 7.53. The number of nitrogens with zero attached hydrogens (tertiary/aromatic N) is 3. The molecule has 150 valence electrons. The van der Waals surface area contributed by atoms with Crippen molar-refractivity contribution in [2.45, 2.75) is 46.3 Å². The summed E-state index contributed by atoms with van der Waals surface area (Å²) in [5.41, 5.74) is 3.40. The number of carbonyl (C=O) groups excluding carboxylic acids is 2. The lowest BCUT2D eigenvalue weighted by molar-refractivity contribution is -0.134. The van der Waals surface area contributed by atoms with E-state index in [0.717, 1.165) is 23.4 Å². The number of carbonyl (C=O) groups is 2. The van der Waals surface area contributed by atoms with Crippen molar-refractivity contribution in [3.8, 4) is 0 Å². The normalized spacial score (nSPS) is 16.0. The third kappa shape index (κ3) is 3.91. The molecule has 6 heteroatoms. The zero-order valence-electron chi connectivity index (χ0n) is 17.2. The van der Waals surface area contributed by atoms with Crippen LogP contribution in [0.4, 0.5) is 4.79 Å². The second-order valence-electron chi connectivity index (χ2n) is 7.53. The van der Waals surface area contributed by atoms with Gasteiger partial charge < -0.3 is 19.7 Å². The fourth-order valence-corrected chi connectivity index (χ4v) is 3.85. The van der Waals surface area contributed by atoms with E-state index in [4.69, 9.17) is 0 Å². The molecule has 0 fully saturated rings. The first-order chi connectivity index (χ1) is 13.4. The molecule has 0 spiro atoms. The topological polar surface area (TPSA) is 57.6 Å². The highest BCUT2D eigenvalue weighted by atomic mass is 16.2. The molecule has 3 rings (SSSR count). The van der Waals surface area contributed by atoms with Crippen LogP contribution in [0.5, 0.6) is 0 Å². The lowest BCUT2D eigenvalue weighted by atomic mass is 9.95. The van der Waals surface area contributed by atoms with Gasteiger partial charge in [-0.15, -0.1) is 0 Å². The van der Waals surface area contributed by atoms with Gasteiger partial charge in [-0.3, -0.25) is 4.79 Å². The van der Waals surface area contributed by atoms with Gasteiger partial charge in [0.05, 0.1) is 6.04 Å². The molecule has 2 heterocycles. The van der Waals surface area contributed by atoms with Crippen molar-refractivity contribution in [1.29, 1.82) is 0 Å². The molecule has 1 aliphatic rings. The number of hydrogen-bond donors (Lipinski definition) is 1. The molecule has 0 saturated carbocycles. The summed E-state index contributed by atoms with van der Waals surface area (Å²) in [5.74, 6) is -0.0272. The highest BCUT2D eigenvalue weighted by Gasteiger charge is 2.34. The molecule has 2 aromatic rings. The van der Waals surface area contributed by atoms with Gasteiger partial charge in [0.15, 0.2) is 0 Å². The van der Waals surface area contributed by atoms with E-state index in [1.54, 1.807) is 4.90 Å². The molecule has 0 radical (unpaired) electrons. The van der Waals surface area contributed by atoms with Crippen LogP contribution in [0.25, 0.3) is 0 Å². The van der Waals surface area contributed by atoms with Gasteiger partial charge in [0.25, 0.3) is 0 Å². The summed E-state index contributed by atoms with van der Waals surface area (Å²) < 4.78 is 2.21. The van der Waals surface area contributed by atoms with Crippen LogP contribution in [-0.2, 0) is 11.3 Å². The monoisotopic (exact) mass is 382 g/mol. The maximum Gasteiger partial charge on any atom is 0.318 e. The molecule has 1 aliphatic heterocycles. The van der Waals surface area contributed by atoms with Gasteiger partial charge in [0, 0.05) is 37.6 Å². The molecule has 0 saturated heterocycles. The third-order valence-corrected chi connectivity index (χ3v) is 5.36. The predicted molar refractivity (Wildman–Crippen MR) is 110 cm³/mol. The Bertz CT molecular complexity index is 843. The first kappa shape index (κ1) is 20.0. The average molecular weight is 383 g/mol. The molecule has 28 heavy (non-hydrogen) atoms. The summed E-state index contributed by atoms with van der Waals surface area (Å²) in [6.07, 6.45) is 2.07. The van der Waals surface area contributed by atoms with Gasteiger partial charge in [0.1, 0.15) is 6.54 Å². The Kier molecular flexibility index (Phi) is 6.07. The number of amides is 3. The minimum atomic E-state index is -0.196. The minimum absolute atomic E-state index is 0.0272. The Morgan fingerprint density at radius 1 is 1.18 bits per heavy atom. The fourth-order valence-electron chi connectivity index (χ4n) is 3.85. The smallest absolute Gasteiger partial charge is 0.318 e. The van der Waals surface area contributed by atoms with E-state index in [1.807, 2.05) is 43.9 Å². The molecule has 0 aliphatic carbocycles. The van der Waals surface area contributed by atoms with Crippen LogP contribution in [-0.4, -0.2) is 52.0 Å². The molecule has 1 atom stereocenters. The van der Waals surface area contributed by atoms with Crippen molar-refractivity contribution >= 4 is 11.9 Å². The number of fused-ring (bicyclic) bond motifs is 1. The van der Waals surface area contributed by atoms with E-state index in [0.29, 0.717) is 13.1 Å². The van der Waals surface area contributed by atoms with E-state index >= 15 is 0 Å². The van der Waals surface area contributed by atoms with Crippen LogP contribution in [0.15, 0.2) is 42.6 Å². The van der Waals surface area contributed by atoms with E-state index in [9.17, 15) is 9.59 Å². The first-order valence-electron chi connectivity index (χ1n) is 9.98. The van der Waals surface area contributed by atoms with Crippen LogP contribution in [0.1, 0.15) is 43.6 Å². The predicted octanol–water partition coefficient (Wildman–Crippen LogP) is 3.17. The number of benzene rings is 1.